The molecule has 0 spiro atoms. The first-order valence-electron chi connectivity index (χ1n) is 4.88. The van der Waals surface area contributed by atoms with Crippen LogP contribution in [0.3, 0.4) is 0 Å². The quantitative estimate of drug-likeness (QED) is 0.563. The lowest BCUT2D eigenvalue weighted by atomic mass is 10.0. The molecule has 0 aliphatic heterocycles. The summed E-state index contributed by atoms with van der Waals surface area (Å²) in [6, 6.07) is 9.10. The molecule has 3 nitrogen and oxygen atoms in total. The molecule has 0 radical (unpaired) electrons. The van der Waals surface area contributed by atoms with Crippen LogP contribution >= 0.6 is 34.8 Å². The largest absolute Gasteiger partial charge is 0.277 e. The van der Waals surface area contributed by atoms with Gasteiger partial charge in [-0.3, -0.25) is 10.1 Å². The van der Waals surface area contributed by atoms with Gasteiger partial charge < -0.3 is 0 Å². The Hall–Kier alpha value is -1.29. The Labute approximate surface area is 118 Å². The number of nitrogens with zero attached hydrogens (tertiary/aromatic N) is 1. The van der Waals surface area contributed by atoms with Gasteiger partial charge >= 0.3 is 0 Å². The van der Waals surface area contributed by atoms with Crippen molar-refractivity contribution in [2.75, 3.05) is 0 Å². The first-order valence-corrected chi connectivity index (χ1v) is 6.02. The lowest BCUT2D eigenvalue weighted by Gasteiger charge is -2.06. The maximum absolute atomic E-state index is 11.0. The van der Waals surface area contributed by atoms with Crippen molar-refractivity contribution in [1.82, 2.24) is 0 Å². The van der Waals surface area contributed by atoms with Gasteiger partial charge in [0.05, 0.1) is 15.5 Å². The molecule has 0 bridgehead atoms. The number of halogens is 3. The number of hydrogen-bond donors (Lipinski definition) is 0. The molecule has 0 N–H and O–H groups in total. The van der Waals surface area contributed by atoms with E-state index in [1.54, 1.807) is 12.1 Å². The summed E-state index contributed by atoms with van der Waals surface area (Å²) in [4.78, 5) is 10.5. The molecule has 0 unspecified atom stereocenters. The second kappa shape index (κ2) is 5.14. The van der Waals surface area contributed by atoms with E-state index < -0.39 is 4.92 Å². The van der Waals surface area contributed by atoms with E-state index >= 15 is 0 Å². The average Bonchev–Trinajstić information content (AvgIpc) is 2.28. The molecule has 0 fully saturated rings. The number of nitro groups is 1. The van der Waals surface area contributed by atoms with Crippen molar-refractivity contribution in [2.24, 2.45) is 0 Å². The van der Waals surface area contributed by atoms with E-state index in [0.29, 0.717) is 26.2 Å². The molecule has 0 atom stereocenters. The summed E-state index contributed by atoms with van der Waals surface area (Å²) < 4.78 is 0. The highest BCUT2D eigenvalue weighted by molar-refractivity contribution is 6.36. The second-order valence-corrected chi connectivity index (χ2v) is 4.82. The Morgan fingerprint density at radius 1 is 0.889 bits per heavy atom. The zero-order valence-electron chi connectivity index (χ0n) is 8.86. The summed E-state index contributed by atoms with van der Waals surface area (Å²) in [7, 11) is 0. The van der Waals surface area contributed by atoms with Gasteiger partial charge in [-0.1, -0.05) is 40.9 Å². The van der Waals surface area contributed by atoms with Gasteiger partial charge in [0, 0.05) is 21.7 Å². The maximum atomic E-state index is 11.0. The second-order valence-electron chi connectivity index (χ2n) is 3.54. The SMILES string of the molecule is O=[N+]([O-])c1ccc(Cl)cc1-c1ccc(Cl)cc1Cl. The summed E-state index contributed by atoms with van der Waals surface area (Å²) in [5, 5.41) is 12.2. The third-order valence-electron chi connectivity index (χ3n) is 2.38. The molecule has 0 aliphatic rings. The topological polar surface area (TPSA) is 43.1 Å². The van der Waals surface area contributed by atoms with Crippen LogP contribution in [0, 0.1) is 10.1 Å². The first kappa shape index (κ1) is 13.1. The van der Waals surface area contributed by atoms with Gasteiger partial charge in [0.25, 0.3) is 5.69 Å². The van der Waals surface area contributed by atoms with E-state index in [-0.39, 0.29) is 5.69 Å². The normalized spacial score (nSPS) is 10.4. The molecule has 2 aromatic carbocycles. The highest BCUT2D eigenvalue weighted by Crippen LogP contribution is 2.37. The lowest BCUT2D eigenvalue weighted by Crippen LogP contribution is -1.92. The predicted octanol–water partition coefficient (Wildman–Crippen LogP) is 5.22. The highest BCUT2D eigenvalue weighted by Gasteiger charge is 2.17. The fraction of sp³-hybridized carbons (Fsp3) is 0. The van der Waals surface area contributed by atoms with Crippen LogP contribution in [-0.2, 0) is 0 Å². The maximum Gasteiger partial charge on any atom is 0.277 e. The van der Waals surface area contributed by atoms with E-state index in [1.165, 1.54) is 24.3 Å². The van der Waals surface area contributed by atoms with Gasteiger partial charge in [-0.2, -0.15) is 0 Å². The third kappa shape index (κ3) is 2.58. The van der Waals surface area contributed by atoms with Crippen LogP contribution in [0.15, 0.2) is 36.4 Å². The molecule has 2 rings (SSSR count). The van der Waals surface area contributed by atoms with Crippen LogP contribution < -0.4 is 0 Å². The number of benzene rings is 2. The van der Waals surface area contributed by atoms with Gasteiger partial charge in [0.2, 0.25) is 0 Å². The van der Waals surface area contributed by atoms with Crippen molar-refractivity contribution in [3.05, 3.63) is 61.6 Å². The van der Waals surface area contributed by atoms with Crippen LogP contribution in [0.25, 0.3) is 11.1 Å². The Bertz CT molecular complexity index is 629. The zero-order valence-corrected chi connectivity index (χ0v) is 11.1. The Morgan fingerprint density at radius 2 is 1.50 bits per heavy atom. The highest BCUT2D eigenvalue weighted by atomic mass is 35.5. The molecule has 92 valence electrons. The summed E-state index contributed by atoms with van der Waals surface area (Å²) in [5.41, 5.74) is 0.841. The fourth-order valence-electron chi connectivity index (χ4n) is 1.59. The third-order valence-corrected chi connectivity index (χ3v) is 3.16. The summed E-state index contributed by atoms with van der Waals surface area (Å²) in [5.74, 6) is 0. The summed E-state index contributed by atoms with van der Waals surface area (Å²) in [6.45, 7) is 0. The Balaban J connectivity index is 2.69. The minimum atomic E-state index is -0.476. The van der Waals surface area contributed by atoms with E-state index in [1.807, 2.05) is 0 Å². The molecule has 0 heterocycles. The minimum Gasteiger partial charge on any atom is -0.258 e. The van der Waals surface area contributed by atoms with Crippen molar-refractivity contribution in [1.29, 1.82) is 0 Å². The Kier molecular flexibility index (Phi) is 3.76. The predicted molar refractivity (Wildman–Crippen MR) is 73.6 cm³/mol. The van der Waals surface area contributed by atoms with Gasteiger partial charge in [-0.25, -0.2) is 0 Å². The number of nitro benzene ring substituents is 1. The van der Waals surface area contributed by atoms with Crippen molar-refractivity contribution in [3.63, 3.8) is 0 Å². The molecule has 0 saturated heterocycles. The average molecular weight is 303 g/mol. The van der Waals surface area contributed by atoms with Crippen LogP contribution in [0.1, 0.15) is 0 Å². The van der Waals surface area contributed by atoms with E-state index in [9.17, 15) is 10.1 Å². The standard InChI is InChI=1S/C12H6Cl3NO2/c13-7-2-4-12(16(17)18)10(5-7)9-3-1-8(14)6-11(9)15/h1-6H. The zero-order chi connectivity index (χ0) is 13.3. The van der Waals surface area contributed by atoms with Gasteiger partial charge in [0.15, 0.2) is 0 Å². The lowest BCUT2D eigenvalue weighted by molar-refractivity contribution is -0.384. The first-order chi connectivity index (χ1) is 8.49. The minimum absolute atomic E-state index is 0.0522. The molecule has 0 aromatic heterocycles. The monoisotopic (exact) mass is 301 g/mol. The van der Waals surface area contributed by atoms with Crippen LogP contribution in [0.2, 0.25) is 15.1 Å². The van der Waals surface area contributed by atoms with E-state index in [4.69, 9.17) is 34.8 Å². The molecule has 18 heavy (non-hydrogen) atoms. The van der Waals surface area contributed by atoms with Crippen LogP contribution in [-0.4, -0.2) is 4.92 Å². The van der Waals surface area contributed by atoms with Crippen molar-refractivity contribution in [2.45, 2.75) is 0 Å². The van der Waals surface area contributed by atoms with Gasteiger partial charge in [-0.05, 0) is 24.3 Å². The van der Waals surface area contributed by atoms with Gasteiger partial charge in [0.1, 0.15) is 0 Å². The summed E-state index contributed by atoms with van der Waals surface area (Å²) >= 11 is 17.7. The van der Waals surface area contributed by atoms with Gasteiger partial charge in [-0.15, -0.1) is 0 Å². The molecule has 0 aliphatic carbocycles. The molecular formula is C12H6Cl3NO2. The van der Waals surface area contributed by atoms with Crippen LogP contribution in [0.5, 0.6) is 0 Å². The van der Waals surface area contributed by atoms with Crippen molar-refractivity contribution in [3.8, 4) is 11.1 Å². The Morgan fingerprint density at radius 3 is 2.11 bits per heavy atom. The molecule has 6 heteroatoms. The fourth-order valence-corrected chi connectivity index (χ4v) is 2.27. The molecule has 2 aromatic rings. The van der Waals surface area contributed by atoms with Crippen molar-refractivity contribution >= 4 is 40.5 Å². The molecular weight excluding hydrogens is 296 g/mol. The van der Waals surface area contributed by atoms with Crippen molar-refractivity contribution < 1.29 is 4.92 Å². The number of hydrogen-bond acceptors (Lipinski definition) is 2. The summed E-state index contributed by atoms with van der Waals surface area (Å²) in [6.07, 6.45) is 0. The van der Waals surface area contributed by atoms with E-state index in [0.717, 1.165) is 0 Å². The number of rotatable bonds is 2. The molecule has 0 amide bonds. The molecule has 0 saturated carbocycles. The van der Waals surface area contributed by atoms with Crippen LogP contribution in [0.4, 0.5) is 5.69 Å². The smallest absolute Gasteiger partial charge is 0.258 e. The van der Waals surface area contributed by atoms with E-state index in [2.05, 4.69) is 0 Å².